The lowest BCUT2D eigenvalue weighted by Gasteiger charge is -2.08. The second-order valence-corrected chi connectivity index (χ2v) is 5.91. The molecule has 2 aromatic heterocycles. The molecule has 4 nitrogen and oxygen atoms in total. The minimum Gasteiger partial charge on any atom is -0.343 e. The molecule has 2 N–H and O–H groups in total. The fourth-order valence-corrected chi connectivity index (χ4v) is 2.84. The van der Waals surface area contributed by atoms with Crippen LogP contribution in [0.15, 0.2) is 47.5 Å². The minimum atomic E-state index is -0.0177. The van der Waals surface area contributed by atoms with E-state index in [1.54, 1.807) is 16.8 Å². The van der Waals surface area contributed by atoms with Crippen molar-refractivity contribution in [3.63, 3.8) is 0 Å². The van der Waals surface area contributed by atoms with Crippen LogP contribution in [0.4, 0.5) is 0 Å². The molecular formula is C16H15Cl2N3O. The number of aromatic nitrogens is 2. The standard InChI is InChI=1S/C16H15Cl2N3O/c17-13-2-1-11(9-14(13)18)10-21-6-3-12-15(21)4-7-20(8-5-19)16(12)22/h1-4,6-7,9H,5,8,10,19H2. The van der Waals surface area contributed by atoms with E-state index >= 15 is 0 Å². The van der Waals surface area contributed by atoms with Crippen LogP contribution in [0.2, 0.25) is 10.0 Å². The largest absolute Gasteiger partial charge is 0.343 e. The zero-order chi connectivity index (χ0) is 15.7. The normalized spacial score (nSPS) is 11.2. The van der Waals surface area contributed by atoms with Gasteiger partial charge in [-0.1, -0.05) is 29.3 Å². The Hall–Kier alpha value is -1.75. The number of pyridine rings is 1. The van der Waals surface area contributed by atoms with Crippen molar-refractivity contribution in [3.05, 3.63) is 68.7 Å². The van der Waals surface area contributed by atoms with Crippen molar-refractivity contribution >= 4 is 34.1 Å². The molecule has 0 saturated carbocycles. The number of rotatable bonds is 4. The molecular weight excluding hydrogens is 321 g/mol. The van der Waals surface area contributed by atoms with Crippen molar-refractivity contribution in [2.24, 2.45) is 5.73 Å². The van der Waals surface area contributed by atoms with Crippen LogP contribution in [0.5, 0.6) is 0 Å². The smallest absolute Gasteiger partial charge is 0.260 e. The third kappa shape index (κ3) is 2.77. The van der Waals surface area contributed by atoms with Crippen LogP contribution in [0, 0.1) is 0 Å². The van der Waals surface area contributed by atoms with E-state index < -0.39 is 0 Å². The number of halogens is 2. The van der Waals surface area contributed by atoms with Gasteiger partial charge in [-0.25, -0.2) is 0 Å². The van der Waals surface area contributed by atoms with E-state index in [4.69, 9.17) is 28.9 Å². The highest BCUT2D eigenvalue weighted by atomic mass is 35.5. The second kappa shape index (κ2) is 6.16. The highest BCUT2D eigenvalue weighted by molar-refractivity contribution is 6.42. The SMILES string of the molecule is NCCn1ccc2c(ccn2Cc2ccc(Cl)c(Cl)c2)c1=O. The number of hydrogen-bond donors (Lipinski definition) is 1. The van der Waals surface area contributed by atoms with E-state index in [-0.39, 0.29) is 5.56 Å². The molecule has 1 aromatic carbocycles. The maximum atomic E-state index is 12.3. The molecule has 22 heavy (non-hydrogen) atoms. The van der Waals surface area contributed by atoms with E-state index in [1.807, 2.05) is 35.0 Å². The molecule has 0 fully saturated rings. The molecule has 0 bridgehead atoms. The summed E-state index contributed by atoms with van der Waals surface area (Å²) in [5.41, 5.74) is 7.42. The molecule has 0 aliphatic rings. The predicted octanol–water partition coefficient (Wildman–Crippen LogP) is 3.12. The maximum Gasteiger partial charge on any atom is 0.260 e. The molecule has 6 heteroatoms. The summed E-state index contributed by atoms with van der Waals surface area (Å²) in [7, 11) is 0. The molecule has 2 heterocycles. The molecule has 0 atom stereocenters. The van der Waals surface area contributed by atoms with Gasteiger partial charge in [0.05, 0.1) is 20.9 Å². The molecule has 0 radical (unpaired) electrons. The number of fused-ring (bicyclic) bond motifs is 1. The lowest BCUT2D eigenvalue weighted by Crippen LogP contribution is -2.23. The van der Waals surface area contributed by atoms with E-state index in [2.05, 4.69) is 0 Å². The maximum absolute atomic E-state index is 12.3. The molecule has 3 aromatic rings. The van der Waals surface area contributed by atoms with Gasteiger partial charge in [-0.05, 0) is 29.8 Å². The topological polar surface area (TPSA) is 52.9 Å². The van der Waals surface area contributed by atoms with Gasteiger partial charge in [0.2, 0.25) is 0 Å². The van der Waals surface area contributed by atoms with E-state index in [0.29, 0.717) is 35.1 Å². The highest BCUT2D eigenvalue weighted by Gasteiger charge is 2.08. The van der Waals surface area contributed by atoms with Gasteiger partial charge in [-0.15, -0.1) is 0 Å². The molecule has 114 valence electrons. The van der Waals surface area contributed by atoms with Gasteiger partial charge in [-0.2, -0.15) is 0 Å². The molecule has 0 spiro atoms. The van der Waals surface area contributed by atoms with Gasteiger partial charge >= 0.3 is 0 Å². The predicted molar refractivity (Wildman–Crippen MR) is 90.8 cm³/mol. The quantitative estimate of drug-likeness (QED) is 0.796. The van der Waals surface area contributed by atoms with E-state index in [9.17, 15) is 4.79 Å². The lowest BCUT2D eigenvalue weighted by molar-refractivity contribution is 0.686. The summed E-state index contributed by atoms with van der Waals surface area (Å²) >= 11 is 12.0. The number of benzene rings is 1. The molecule has 0 amide bonds. The molecule has 0 aliphatic carbocycles. The highest BCUT2D eigenvalue weighted by Crippen LogP contribution is 2.23. The van der Waals surface area contributed by atoms with Crippen LogP contribution < -0.4 is 11.3 Å². The van der Waals surface area contributed by atoms with Crippen LogP contribution in [0.3, 0.4) is 0 Å². The van der Waals surface area contributed by atoms with Gasteiger partial charge in [0.25, 0.3) is 5.56 Å². The van der Waals surface area contributed by atoms with Gasteiger partial charge in [-0.3, -0.25) is 4.79 Å². The van der Waals surface area contributed by atoms with Crippen molar-refractivity contribution < 1.29 is 0 Å². The summed E-state index contributed by atoms with van der Waals surface area (Å²) in [6.45, 7) is 1.59. The lowest BCUT2D eigenvalue weighted by atomic mass is 10.2. The van der Waals surface area contributed by atoms with Gasteiger partial charge < -0.3 is 14.9 Å². The fraction of sp³-hybridized carbons (Fsp3) is 0.188. The average molecular weight is 336 g/mol. The Bertz CT molecular complexity index is 883. The summed E-state index contributed by atoms with van der Waals surface area (Å²) in [5, 5.41) is 1.75. The van der Waals surface area contributed by atoms with Crippen LogP contribution in [0.25, 0.3) is 10.9 Å². The van der Waals surface area contributed by atoms with Crippen LogP contribution in [0.1, 0.15) is 5.56 Å². The van der Waals surface area contributed by atoms with Gasteiger partial charge in [0.1, 0.15) is 0 Å². The second-order valence-electron chi connectivity index (χ2n) is 5.09. The zero-order valence-corrected chi connectivity index (χ0v) is 13.3. The van der Waals surface area contributed by atoms with Crippen molar-refractivity contribution in [3.8, 4) is 0 Å². The Morgan fingerprint density at radius 1 is 1.00 bits per heavy atom. The Balaban J connectivity index is 2.00. The first-order chi connectivity index (χ1) is 10.6. The van der Waals surface area contributed by atoms with Crippen LogP contribution >= 0.6 is 23.2 Å². The Kier molecular flexibility index (Phi) is 4.25. The summed E-state index contributed by atoms with van der Waals surface area (Å²) in [6.07, 6.45) is 3.68. The Morgan fingerprint density at radius 2 is 1.77 bits per heavy atom. The zero-order valence-electron chi connectivity index (χ0n) is 11.8. The molecule has 0 saturated heterocycles. The first kappa shape index (κ1) is 15.2. The Morgan fingerprint density at radius 3 is 2.50 bits per heavy atom. The number of nitrogens with two attached hydrogens (primary N) is 1. The van der Waals surface area contributed by atoms with Gasteiger partial charge in [0, 0.05) is 32.0 Å². The van der Waals surface area contributed by atoms with Crippen molar-refractivity contribution in [1.82, 2.24) is 9.13 Å². The first-order valence-corrected chi connectivity index (χ1v) is 7.68. The van der Waals surface area contributed by atoms with Crippen LogP contribution in [-0.4, -0.2) is 15.7 Å². The monoisotopic (exact) mass is 335 g/mol. The number of nitrogens with zero attached hydrogens (tertiary/aromatic N) is 2. The Labute approximate surface area is 137 Å². The first-order valence-electron chi connectivity index (χ1n) is 6.92. The summed E-state index contributed by atoms with van der Waals surface area (Å²) in [5.74, 6) is 0. The fourth-order valence-electron chi connectivity index (χ4n) is 2.52. The van der Waals surface area contributed by atoms with Crippen LogP contribution in [-0.2, 0) is 13.1 Å². The average Bonchev–Trinajstić information content (AvgIpc) is 2.90. The third-order valence-electron chi connectivity index (χ3n) is 3.62. The van der Waals surface area contributed by atoms with Crippen molar-refractivity contribution in [2.45, 2.75) is 13.1 Å². The minimum absolute atomic E-state index is 0.0177. The summed E-state index contributed by atoms with van der Waals surface area (Å²) in [6, 6.07) is 9.31. The molecule has 0 aliphatic heterocycles. The van der Waals surface area contributed by atoms with E-state index in [0.717, 1.165) is 11.1 Å². The van der Waals surface area contributed by atoms with Crippen molar-refractivity contribution in [2.75, 3.05) is 6.54 Å². The molecule has 3 rings (SSSR count). The molecule has 0 unspecified atom stereocenters. The van der Waals surface area contributed by atoms with Crippen molar-refractivity contribution in [1.29, 1.82) is 0 Å². The number of hydrogen-bond acceptors (Lipinski definition) is 2. The van der Waals surface area contributed by atoms with E-state index in [1.165, 1.54) is 0 Å². The summed E-state index contributed by atoms with van der Waals surface area (Å²) < 4.78 is 3.65. The van der Waals surface area contributed by atoms with Gasteiger partial charge in [0.15, 0.2) is 0 Å². The third-order valence-corrected chi connectivity index (χ3v) is 4.36. The summed E-state index contributed by atoms with van der Waals surface area (Å²) in [4.78, 5) is 12.3.